The lowest BCUT2D eigenvalue weighted by Crippen LogP contribution is -2.46. The van der Waals surface area contributed by atoms with Crippen LogP contribution >= 0.6 is 0 Å². The molecule has 1 saturated heterocycles. The number of nitrogens with one attached hydrogen (secondary N) is 1. The fraction of sp³-hybridized carbons (Fsp3) is 0.600. The molecule has 2 rings (SSSR count). The van der Waals surface area contributed by atoms with E-state index in [1.54, 1.807) is 11.0 Å². The fourth-order valence-corrected chi connectivity index (χ4v) is 1.83. The largest absolute Gasteiger partial charge is 0.351 e. The minimum absolute atomic E-state index is 0.0961. The summed E-state index contributed by atoms with van der Waals surface area (Å²) in [5.41, 5.74) is 0. The maximum Gasteiger partial charge on any atom is 0.292 e. The number of rotatable bonds is 2. The predicted octanol–water partition coefficient (Wildman–Crippen LogP) is 0.499. The Kier molecular flexibility index (Phi) is 3.01. The van der Waals surface area contributed by atoms with Crippen molar-refractivity contribution in [2.24, 2.45) is 0 Å². The van der Waals surface area contributed by atoms with Crippen LogP contribution in [-0.4, -0.2) is 42.1 Å². The Morgan fingerprint density at radius 1 is 1.73 bits per heavy atom. The van der Waals surface area contributed by atoms with E-state index >= 15 is 0 Å². The van der Waals surface area contributed by atoms with Gasteiger partial charge in [-0.25, -0.2) is 0 Å². The van der Waals surface area contributed by atoms with E-state index in [1.165, 1.54) is 6.20 Å². The van der Waals surface area contributed by atoms with Crippen molar-refractivity contribution in [1.82, 2.24) is 15.4 Å². The lowest BCUT2D eigenvalue weighted by molar-refractivity contribution is 0.0666. The number of likely N-dealkylation sites (N-methyl/N-ethyl adjacent to an activating group) is 1. The zero-order chi connectivity index (χ0) is 10.7. The van der Waals surface area contributed by atoms with Gasteiger partial charge in [0.05, 0.1) is 6.20 Å². The van der Waals surface area contributed by atoms with E-state index < -0.39 is 0 Å². The standard InChI is InChI=1S/C10H15N3O2/c1-13(8-3-2-5-11-7-8)10(14)9-4-6-12-15-9/h4,6,8,11H,2-3,5,7H2,1H3. The van der Waals surface area contributed by atoms with Crippen LogP contribution in [0.5, 0.6) is 0 Å². The lowest BCUT2D eigenvalue weighted by Gasteiger charge is -2.30. The van der Waals surface area contributed by atoms with Gasteiger partial charge in [0, 0.05) is 25.7 Å². The third-order valence-corrected chi connectivity index (χ3v) is 2.79. The van der Waals surface area contributed by atoms with Gasteiger partial charge in [0.25, 0.3) is 5.91 Å². The van der Waals surface area contributed by atoms with Gasteiger partial charge in [-0.05, 0) is 19.4 Å². The Hall–Kier alpha value is -1.36. The van der Waals surface area contributed by atoms with E-state index in [1.807, 2.05) is 7.05 Å². The summed E-state index contributed by atoms with van der Waals surface area (Å²) in [5, 5.41) is 6.81. The second-order valence-corrected chi connectivity index (χ2v) is 3.79. The molecule has 82 valence electrons. The summed E-state index contributed by atoms with van der Waals surface area (Å²) in [6.45, 7) is 1.90. The van der Waals surface area contributed by atoms with E-state index in [4.69, 9.17) is 4.52 Å². The van der Waals surface area contributed by atoms with Crippen LogP contribution in [0.4, 0.5) is 0 Å². The van der Waals surface area contributed by atoms with Gasteiger partial charge in [-0.1, -0.05) is 5.16 Å². The van der Waals surface area contributed by atoms with Crippen LogP contribution in [0.25, 0.3) is 0 Å². The van der Waals surface area contributed by atoms with Gasteiger partial charge >= 0.3 is 0 Å². The average molecular weight is 209 g/mol. The highest BCUT2D eigenvalue weighted by Gasteiger charge is 2.24. The Balaban J connectivity index is 2.00. The molecule has 0 aromatic carbocycles. The smallest absolute Gasteiger partial charge is 0.292 e. The van der Waals surface area contributed by atoms with Crippen molar-refractivity contribution in [2.75, 3.05) is 20.1 Å². The molecule has 1 amide bonds. The van der Waals surface area contributed by atoms with Gasteiger partial charge in [-0.15, -0.1) is 0 Å². The summed E-state index contributed by atoms with van der Waals surface area (Å²) >= 11 is 0. The van der Waals surface area contributed by atoms with Gasteiger partial charge in [0.1, 0.15) is 0 Å². The molecule has 1 atom stereocenters. The molecule has 1 fully saturated rings. The number of carbonyl (C=O) groups is 1. The third-order valence-electron chi connectivity index (χ3n) is 2.79. The minimum atomic E-state index is -0.0961. The quantitative estimate of drug-likeness (QED) is 0.770. The number of hydrogen-bond acceptors (Lipinski definition) is 4. The predicted molar refractivity (Wildman–Crippen MR) is 54.5 cm³/mol. The number of aromatic nitrogens is 1. The number of amides is 1. The van der Waals surface area contributed by atoms with Crippen molar-refractivity contribution in [3.05, 3.63) is 18.0 Å². The molecule has 1 aromatic rings. The number of carbonyl (C=O) groups excluding carboxylic acids is 1. The Bertz CT molecular complexity index is 317. The van der Waals surface area contributed by atoms with Gasteiger partial charge in [0.15, 0.2) is 0 Å². The monoisotopic (exact) mass is 209 g/mol. The van der Waals surface area contributed by atoms with Gasteiger partial charge < -0.3 is 14.7 Å². The molecule has 0 bridgehead atoms. The van der Waals surface area contributed by atoms with Crippen molar-refractivity contribution in [2.45, 2.75) is 18.9 Å². The first kappa shape index (κ1) is 10.2. The van der Waals surface area contributed by atoms with E-state index in [9.17, 15) is 4.79 Å². The first-order chi connectivity index (χ1) is 7.29. The summed E-state index contributed by atoms with van der Waals surface area (Å²) in [6, 6.07) is 1.85. The first-order valence-corrected chi connectivity index (χ1v) is 5.17. The zero-order valence-electron chi connectivity index (χ0n) is 8.77. The Morgan fingerprint density at radius 2 is 2.60 bits per heavy atom. The molecule has 0 spiro atoms. The van der Waals surface area contributed by atoms with Crippen LogP contribution < -0.4 is 5.32 Å². The number of piperidine rings is 1. The third kappa shape index (κ3) is 2.18. The maximum atomic E-state index is 11.9. The van der Waals surface area contributed by atoms with Crippen LogP contribution in [-0.2, 0) is 0 Å². The SMILES string of the molecule is CN(C(=O)c1ccno1)C1CCCNC1. The topological polar surface area (TPSA) is 58.4 Å². The molecule has 0 aliphatic carbocycles. The highest BCUT2D eigenvalue weighted by atomic mass is 16.5. The molecule has 1 aromatic heterocycles. The van der Waals surface area contributed by atoms with E-state index in [2.05, 4.69) is 10.5 Å². The minimum Gasteiger partial charge on any atom is -0.351 e. The highest BCUT2D eigenvalue weighted by molar-refractivity contribution is 5.91. The molecule has 1 aliphatic heterocycles. The average Bonchev–Trinajstić information content (AvgIpc) is 2.82. The van der Waals surface area contributed by atoms with E-state index in [0.717, 1.165) is 25.9 Å². The summed E-state index contributed by atoms with van der Waals surface area (Å²) < 4.78 is 4.85. The van der Waals surface area contributed by atoms with Crippen molar-refractivity contribution < 1.29 is 9.32 Å². The number of hydrogen-bond donors (Lipinski definition) is 1. The Morgan fingerprint density at radius 3 is 3.20 bits per heavy atom. The van der Waals surface area contributed by atoms with Crippen LogP contribution in [0.15, 0.2) is 16.8 Å². The normalized spacial score (nSPS) is 21.3. The van der Waals surface area contributed by atoms with Crippen LogP contribution in [0.3, 0.4) is 0 Å². The van der Waals surface area contributed by atoms with Crippen LogP contribution in [0.2, 0.25) is 0 Å². The highest BCUT2D eigenvalue weighted by Crippen LogP contribution is 2.11. The fourth-order valence-electron chi connectivity index (χ4n) is 1.83. The summed E-state index contributed by atoms with van der Waals surface area (Å²) in [5.74, 6) is 0.212. The summed E-state index contributed by atoms with van der Waals surface area (Å²) in [4.78, 5) is 13.6. The lowest BCUT2D eigenvalue weighted by atomic mass is 10.1. The molecule has 0 saturated carbocycles. The summed E-state index contributed by atoms with van der Waals surface area (Å²) in [7, 11) is 1.81. The van der Waals surface area contributed by atoms with Crippen molar-refractivity contribution in [3.8, 4) is 0 Å². The zero-order valence-corrected chi connectivity index (χ0v) is 8.77. The second-order valence-electron chi connectivity index (χ2n) is 3.79. The summed E-state index contributed by atoms with van der Waals surface area (Å²) in [6.07, 6.45) is 3.64. The molecule has 2 heterocycles. The number of nitrogens with zero attached hydrogens (tertiary/aromatic N) is 2. The van der Waals surface area contributed by atoms with Gasteiger partial charge in [-0.2, -0.15) is 0 Å². The first-order valence-electron chi connectivity index (χ1n) is 5.17. The van der Waals surface area contributed by atoms with Crippen LogP contribution in [0, 0.1) is 0 Å². The molecule has 5 heteroatoms. The van der Waals surface area contributed by atoms with Gasteiger partial charge in [0.2, 0.25) is 5.76 Å². The second kappa shape index (κ2) is 4.44. The molecule has 0 radical (unpaired) electrons. The maximum absolute atomic E-state index is 11.9. The molecular formula is C10H15N3O2. The van der Waals surface area contributed by atoms with E-state index in [-0.39, 0.29) is 11.9 Å². The molecule has 1 unspecified atom stereocenters. The van der Waals surface area contributed by atoms with E-state index in [0.29, 0.717) is 5.76 Å². The Labute approximate surface area is 88.4 Å². The molecule has 1 N–H and O–H groups in total. The van der Waals surface area contributed by atoms with Crippen molar-refractivity contribution in [1.29, 1.82) is 0 Å². The van der Waals surface area contributed by atoms with Crippen LogP contribution in [0.1, 0.15) is 23.4 Å². The van der Waals surface area contributed by atoms with Gasteiger partial charge in [-0.3, -0.25) is 4.79 Å². The molecular weight excluding hydrogens is 194 g/mol. The molecule has 1 aliphatic rings. The molecule has 5 nitrogen and oxygen atoms in total. The molecule has 15 heavy (non-hydrogen) atoms. The van der Waals surface area contributed by atoms with Crippen molar-refractivity contribution in [3.63, 3.8) is 0 Å². The van der Waals surface area contributed by atoms with Crippen molar-refractivity contribution >= 4 is 5.91 Å².